The lowest BCUT2D eigenvalue weighted by Crippen LogP contribution is -2.62. The topological polar surface area (TPSA) is 175 Å². The van der Waals surface area contributed by atoms with Crippen molar-refractivity contribution >= 4 is 41.0 Å². The van der Waals surface area contributed by atoms with Gasteiger partial charge in [-0.25, -0.2) is 0 Å². The number of likely N-dealkylation sites (tertiary alicyclic amines) is 1. The van der Waals surface area contributed by atoms with Crippen LogP contribution in [0.3, 0.4) is 0 Å². The number of amides is 4. The zero-order valence-electron chi connectivity index (χ0n) is 33.5. The highest BCUT2D eigenvalue weighted by atomic mass is 16.2. The SMILES string of the molecule is CCCC(NC(=O)C1C(C)C2(CCCCC2)CN1C(=O)C(NC(=O)C(NC(=O)c1[nH]c(C)c(C)c1C(C)=O)C1CCCCC1)C(C)(C)C)C(=O)C(C)=O. The number of aromatic amines is 1. The van der Waals surface area contributed by atoms with Crippen LogP contribution >= 0.6 is 0 Å². The number of aryl methyl sites for hydroxylation is 1. The van der Waals surface area contributed by atoms with Gasteiger partial charge in [-0.05, 0) is 81.1 Å². The van der Waals surface area contributed by atoms with Crippen LogP contribution in [0.4, 0.5) is 0 Å². The lowest BCUT2D eigenvalue weighted by molar-refractivity contribution is -0.145. The summed E-state index contributed by atoms with van der Waals surface area (Å²) in [4.78, 5) is 99.6. The van der Waals surface area contributed by atoms with E-state index in [1.165, 1.54) is 13.8 Å². The molecule has 0 radical (unpaired) electrons. The van der Waals surface area contributed by atoms with E-state index in [0.29, 0.717) is 36.2 Å². The molecule has 4 amide bonds. The maximum atomic E-state index is 15.0. The van der Waals surface area contributed by atoms with Crippen molar-refractivity contribution in [1.82, 2.24) is 25.8 Å². The van der Waals surface area contributed by atoms with Crippen molar-refractivity contribution in [2.45, 2.75) is 164 Å². The predicted molar refractivity (Wildman–Crippen MR) is 202 cm³/mol. The van der Waals surface area contributed by atoms with E-state index in [2.05, 4.69) is 20.9 Å². The van der Waals surface area contributed by atoms with E-state index in [9.17, 15) is 33.6 Å². The van der Waals surface area contributed by atoms with Crippen LogP contribution in [-0.4, -0.2) is 81.6 Å². The second kappa shape index (κ2) is 17.1. The van der Waals surface area contributed by atoms with Crippen molar-refractivity contribution in [3.63, 3.8) is 0 Å². The molecule has 1 aliphatic heterocycles. The Balaban J connectivity index is 1.68. The molecule has 0 aromatic carbocycles. The molecular formula is C41H63N5O7. The third-order valence-corrected chi connectivity index (χ3v) is 12.4. The van der Waals surface area contributed by atoms with Gasteiger partial charge in [0.1, 0.15) is 23.8 Å². The monoisotopic (exact) mass is 737 g/mol. The summed E-state index contributed by atoms with van der Waals surface area (Å²) >= 11 is 0. The number of hydrogen-bond donors (Lipinski definition) is 4. The highest BCUT2D eigenvalue weighted by molar-refractivity contribution is 6.38. The van der Waals surface area contributed by atoms with Crippen LogP contribution < -0.4 is 16.0 Å². The van der Waals surface area contributed by atoms with Crippen LogP contribution in [0.25, 0.3) is 0 Å². The van der Waals surface area contributed by atoms with E-state index in [0.717, 1.165) is 64.2 Å². The smallest absolute Gasteiger partial charge is 0.269 e. The van der Waals surface area contributed by atoms with E-state index in [4.69, 9.17) is 0 Å². The van der Waals surface area contributed by atoms with Crippen molar-refractivity contribution in [1.29, 1.82) is 0 Å². The van der Waals surface area contributed by atoms with Gasteiger partial charge in [0.25, 0.3) is 5.91 Å². The summed E-state index contributed by atoms with van der Waals surface area (Å²) in [7, 11) is 0. The fourth-order valence-corrected chi connectivity index (χ4v) is 9.15. The van der Waals surface area contributed by atoms with Gasteiger partial charge < -0.3 is 25.8 Å². The summed E-state index contributed by atoms with van der Waals surface area (Å²) in [5.74, 6) is -3.85. The molecule has 4 rings (SSSR count). The van der Waals surface area contributed by atoms with Crippen molar-refractivity contribution < 1.29 is 33.6 Å². The molecule has 3 fully saturated rings. The Hall–Kier alpha value is -3.83. The van der Waals surface area contributed by atoms with Crippen LogP contribution in [0.5, 0.6) is 0 Å². The molecular weight excluding hydrogens is 674 g/mol. The number of ketones is 3. The van der Waals surface area contributed by atoms with Gasteiger partial charge in [0.2, 0.25) is 23.5 Å². The molecule has 1 saturated heterocycles. The van der Waals surface area contributed by atoms with Gasteiger partial charge in [0.05, 0.1) is 11.6 Å². The zero-order chi connectivity index (χ0) is 39.4. The molecule has 1 spiro atoms. The first-order valence-corrected chi connectivity index (χ1v) is 19.8. The number of hydrogen-bond acceptors (Lipinski definition) is 7. The van der Waals surface area contributed by atoms with Crippen LogP contribution in [0.2, 0.25) is 0 Å². The van der Waals surface area contributed by atoms with E-state index >= 15 is 0 Å². The van der Waals surface area contributed by atoms with Gasteiger partial charge in [0.15, 0.2) is 11.6 Å². The molecule has 4 N–H and O–H groups in total. The molecule has 5 atom stereocenters. The molecule has 294 valence electrons. The van der Waals surface area contributed by atoms with Crippen molar-refractivity contribution in [2.24, 2.45) is 22.7 Å². The Kier molecular flexibility index (Phi) is 13.5. The normalized spacial score (nSPS) is 22.1. The summed E-state index contributed by atoms with van der Waals surface area (Å²) in [5.41, 5.74) is 0.698. The molecule has 12 nitrogen and oxygen atoms in total. The summed E-state index contributed by atoms with van der Waals surface area (Å²) in [6, 6.07) is -3.89. The van der Waals surface area contributed by atoms with E-state index in [-0.39, 0.29) is 28.7 Å². The van der Waals surface area contributed by atoms with Crippen LogP contribution in [0.15, 0.2) is 0 Å². The molecule has 12 heteroatoms. The second-order valence-electron chi connectivity index (χ2n) is 17.2. The average molecular weight is 738 g/mol. The summed E-state index contributed by atoms with van der Waals surface area (Å²) in [5, 5.41) is 8.85. The molecule has 2 saturated carbocycles. The van der Waals surface area contributed by atoms with Gasteiger partial charge in [-0.2, -0.15) is 0 Å². The van der Waals surface area contributed by atoms with E-state index in [1.54, 1.807) is 18.7 Å². The van der Waals surface area contributed by atoms with Crippen molar-refractivity contribution in [3.8, 4) is 0 Å². The van der Waals surface area contributed by atoms with E-state index < -0.39 is 64.8 Å². The Bertz CT molecular complexity index is 1580. The average Bonchev–Trinajstić information content (AvgIpc) is 3.56. The van der Waals surface area contributed by atoms with Crippen molar-refractivity contribution in [3.05, 3.63) is 22.5 Å². The van der Waals surface area contributed by atoms with Crippen LogP contribution in [0, 0.1) is 36.5 Å². The number of H-pyrrole nitrogens is 1. The second-order valence-corrected chi connectivity index (χ2v) is 17.2. The van der Waals surface area contributed by atoms with Gasteiger partial charge in [-0.15, -0.1) is 0 Å². The molecule has 2 heterocycles. The van der Waals surface area contributed by atoms with Crippen molar-refractivity contribution in [2.75, 3.05) is 6.54 Å². The molecule has 1 aromatic heterocycles. The molecule has 3 aliphatic rings. The van der Waals surface area contributed by atoms with Crippen LogP contribution in [0.1, 0.15) is 158 Å². The lowest BCUT2D eigenvalue weighted by Gasteiger charge is -2.38. The number of rotatable bonds is 13. The minimum absolute atomic E-state index is 0.117. The fraction of sp³-hybridized carbons (Fsp3) is 0.732. The highest BCUT2D eigenvalue weighted by Gasteiger charge is 2.56. The van der Waals surface area contributed by atoms with Gasteiger partial charge in [-0.3, -0.25) is 33.6 Å². The first-order chi connectivity index (χ1) is 24.8. The zero-order valence-corrected chi connectivity index (χ0v) is 33.5. The summed E-state index contributed by atoms with van der Waals surface area (Å²) in [6.07, 6.45) is 9.91. The number of nitrogens with one attached hydrogen (secondary N) is 4. The number of Topliss-reactive ketones (excluding diaryl/α,β-unsaturated/α-hetero) is 3. The molecule has 0 bridgehead atoms. The van der Waals surface area contributed by atoms with E-state index in [1.807, 2.05) is 34.6 Å². The minimum Gasteiger partial charge on any atom is -0.354 e. The summed E-state index contributed by atoms with van der Waals surface area (Å²) in [6.45, 7) is 16.0. The van der Waals surface area contributed by atoms with Gasteiger partial charge in [0, 0.05) is 19.2 Å². The van der Waals surface area contributed by atoms with Gasteiger partial charge in [-0.1, -0.05) is 79.6 Å². The first-order valence-electron chi connectivity index (χ1n) is 19.8. The predicted octanol–water partition coefficient (Wildman–Crippen LogP) is 5.28. The largest absolute Gasteiger partial charge is 0.354 e. The van der Waals surface area contributed by atoms with Crippen LogP contribution in [-0.2, 0) is 24.0 Å². The lowest BCUT2D eigenvalue weighted by atomic mass is 9.67. The molecule has 53 heavy (non-hydrogen) atoms. The highest BCUT2D eigenvalue weighted by Crippen LogP contribution is 2.50. The standard InChI is InChI=1S/C41H63N5O7/c1-10-17-29(34(49)27(6)48)43-38(52)33-24(3)41(20-15-12-16-21-41)22-46(33)39(53)35(40(7,8)9)45-36(50)31(28-18-13-11-14-19-28)44-37(51)32-30(26(5)47)23(2)25(4)42-32/h24,28-29,31,33,35,42H,10-22H2,1-9H3,(H,43,52)(H,44,51)(H,45,50). The Morgan fingerprint density at radius 3 is 2.04 bits per heavy atom. The minimum atomic E-state index is -1.05. The quantitative estimate of drug-likeness (QED) is 0.157. The molecule has 5 unspecified atom stereocenters. The number of carbonyl (C=O) groups is 7. The molecule has 1 aromatic rings. The Labute approximate surface area is 315 Å². The van der Waals surface area contributed by atoms with Gasteiger partial charge >= 0.3 is 0 Å². The maximum Gasteiger partial charge on any atom is 0.269 e. The number of aromatic nitrogens is 1. The Morgan fingerprint density at radius 1 is 0.887 bits per heavy atom. The summed E-state index contributed by atoms with van der Waals surface area (Å²) < 4.78 is 0. The number of carbonyl (C=O) groups excluding carboxylic acids is 7. The maximum absolute atomic E-state index is 15.0. The first kappa shape index (κ1) is 41.9. The molecule has 2 aliphatic carbocycles. The third kappa shape index (κ3) is 9.11. The fourth-order valence-electron chi connectivity index (χ4n) is 9.15. The number of nitrogens with zero attached hydrogens (tertiary/aromatic N) is 1. The Morgan fingerprint density at radius 2 is 1.49 bits per heavy atom. The third-order valence-electron chi connectivity index (χ3n) is 12.4.